The molecule has 0 heterocycles. The highest BCUT2D eigenvalue weighted by Crippen LogP contribution is 2.32. The van der Waals surface area contributed by atoms with Gasteiger partial charge in [0, 0.05) is 31.0 Å². The predicted octanol–water partition coefficient (Wildman–Crippen LogP) is 2.32. The highest BCUT2D eigenvalue weighted by Gasteiger charge is 2.30. The molecule has 1 amide bonds. The average molecular weight is 341 g/mol. The van der Waals surface area contributed by atoms with Gasteiger partial charge in [-0.1, -0.05) is 0 Å². The predicted molar refractivity (Wildman–Crippen MR) is 92.1 cm³/mol. The molecule has 1 aliphatic rings. The van der Waals surface area contributed by atoms with Gasteiger partial charge in [-0.05, 0) is 49.4 Å². The Morgan fingerprint density at radius 1 is 1.26 bits per heavy atom. The van der Waals surface area contributed by atoms with Crippen LogP contribution in [0.25, 0.3) is 0 Å². The molecule has 1 saturated carbocycles. The number of hydrogen-bond acceptors (Lipinski definition) is 4. The molecular weight excluding hydrogens is 316 g/mol. The Balaban J connectivity index is 0.00000264. The number of hydrogen-bond donors (Lipinski definition) is 2. The lowest BCUT2D eigenvalue weighted by Crippen LogP contribution is -2.41. The highest BCUT2D eigenvalue weighted by atomic mass is 35.5. The molecule has 3 N–H and O–H groups in total. The highest BCUT2D eigenvalue weighted by molar-refractivity contribution is 5.96. The van der Waals surface area contributed by atoms with Crippen molar-refractivity contribution >= 4 is 24.1 Å². The monoisotopic (exact) mass is 340 g/mol. The third kappa shape index (κ3) is 6.20. The first-order chi connectivity index (χ1) is 10.6. The molecule has 0 aromatic heterocycles. The smallest absolute Gasteiger partial charge is 0.220 e. The van der Waals surface area contributed by atoms with E-state index in [0.29, 0.717) is 37.3 Å². The van der Waals surface area contributed by atoms with Crippen molar-refractivity contribution in [2.45, 2.75) is 38.1 Å². The van der Waals surface area contributed by atoms with Crippen LogP contribution in [0.3, 0.4) is 0 Å². The lowest BCUT2D eigenvalue weighted by molar-refractivity contribution is -0.121. The normalized spacial score (nSPS) is 14.5. The number of benzene rings is 1. The van der Waals surface area contributed by atoms with Crippen LogP contribution in [0.2, 0.25) is 0 Å². The molecule has 1 aromatic carbocycles. The first-order valence-corrected chi connectivity index (χ1v) is 7.80. The first kappa shape index (κ1) is 19.5. The summed E-state index contributed by atoms with van der Waals surface area (Å²) in [5.74, 6) is 1.32. The van der Waals surface area contributed by atoms with E-state index in [0.717, 1.165) is 18.6 Å². The van der Waals surface area contributed by atoms with Crippen molar-refractivity contribution in [1.82, 2.24) is 5.32 Å². The zero-order valence-corrected chi connectivity index (χ0v) is 14.2. The van der Waals surface area contributed by atoms with Crippen LogP contribution in [0.15, 0.2) is 24.3 Å². The van der Waals surface area contributed by atoms with Gasteiger partial charge < -0.3 is 15.8 Å². The van der Waals surface area contributed by atoms with Gasteiger partial charge in [0.1, 0.15) is 5.75 Å². The molecule has 23 heavy (non-hydrogen) atoms. The van der Waals surface area contributed by atoms with Crippen LogP contribution >= 0.6 is 12.4 Å². The molecule has 5 nitrogen and oxygen atoms in total. The number of nitrogens with one attached hydrogen (secondary N) is 1. The summed E-state index contributed by atoms with van der Waals surface area (Å²) in [5.41, 5.74) is 6.31. The molecule has 1 aliphatic carbocycles. The van der Waals surface area contributed by atoms with E-state index in [9.17, 15) is 9.59 Å². The largest absolute Gasteiger partial charge is 0.497 e. The number of carbonyl (C=O) groups is 2. The van der Waals surface area contributed by atoms with Crippen molar-refractivity contribution in [3.05, 3.63) is 29.8 Å². The maximum absolute atomic E-state index is 12.0. The lowest BCUT2D eigenvalue weighted by atomic mass is 10.0. The summed E-state index contributed by atoms with van der Waals surface area (Å²) in [6.45, 7) is 0.487. The summed E-state index contributed by atoms with van der Waals surface area (Å²) in [6.07, 6.45) is 3.59. The minimum atomic E-state index is -0.00937. The molecule has 1 atom stereocenters. The number of rotatable bonds is 9. The summed E-state index contributed by atoms with van der Waals surface area (Å²) in [6, 6.07) is 7.13. The summed E-state index contributed by atoms with van der Waals surface area (Å²) < 4.78 is 5.06. The molecule has 2 rings (SSSR count). The van der Waals surface area contributed by atoms with Gasteiger partial charge in [-0.25, -0.2) is 0 Å². The number of ether oxygens (including phenoxy) is 1. The molecule has 128 valence electrons. The molecule has 0 bridgehead atoms. The minimum Gasteiger partial charge on any atom is -0.497 e. The van der Waals surface area contributed by atoms with Gasteiger partial charge in [0.2, 0.25) is 5.91 Å². The second-order valence-corrected chi connectivity index (χ2v) is 5.75. The SMILES string of the molecule is COc1ccc(C(=O)CCCC(=O)NC(CN)C2CC2)cc1.Cl. The van der Waals surface area contributed by atoms with Gasteiger partial charge in [0.15, 0.2) is 5.78 Å². The third-order valence-corrected chi connectivity index (χ3v) is 4.01. The Bertz CT molecular complexity index is 515. The Hall–Kier alpha value is -1.59. The molecule has 1 fully saturated rings. The number of amides is 1. The summed E-state index contributed by atoms with van der Waals surface area (Å²) in [4.78, 5) is 23.9. The maximum Gasteiger partial charge on any atom is 0.220 e. The number of ketones is 1. The van der Waals surface area contributed by atoms with Crippen molar-refractivity contribution in [3.8, 4) is 5.75 Å². The first-order valence-electron chi connectivity index (χ1n) is 7.80. The van der Waals surface area contributed by atoms with E-state index in [1.54, 1.807) is 31.4 Å². The fraction of sp³-hybridized carbons (Fsp3) is 0.529. The van der Waals surface area contributed by atoms with Gasteiger partial charge in [-0.3, -0.25) is 9.59 Å². The van der Waals surface area contributed by atoms with Crippen molar-refractivity contribution in [3.63, 3.8) is 0 Å². The molecular formula is C17H25ClN2O3. The zero-order valence-electron chi connectivity index (χ0n) is 13.4. The van der Waals surface area contributed by atoms with Crippen LogP contribution in [-0.2, 0) is 4.79 Å². The Morgan fingerprint density at radius 3 is 2.43 bits per heavy atom. The topological polar surface area (TPSA) is 81.4 Å². The van der Waals surface area contributed by atoms with Crippen molar-refractivity contribution in [2.75, 3.05) is 13.7 Å². The van der Waals surface area contributed by atoms with Crippen molar-refractivity contribution < 1.29 is 14.3 Å². The van der Waals surface area contributed by atoms with Crippen LogP contribution in [0.5, 0.6) is 5.75 Å². The molecule has 1 aromatic rings. The number of nitrogens with two attached hydrogens (primary N) is 1. The molecule has 0 spiro atoms. The van der Waals surface area contributed by atoms with E-state index in [1.165, 1.54) is 0 Å². The van der Waals surface area contributed by atoms with E-state index in [1.807, 2.05) is 0 Å². The van der Waals surface area contributed by atoms with E-state index in [4.69, 9.17) is 10.5 Å². The van der Waals surface area contributed by atoms with E-state index in [-0.39, 0.29) is 30.1 Å². The van der Waals surface area contributed by atoms with Crippen LogP contribution in [-0.4, -0.2) is 31.4 Å². The third-order valence-electron chi connectivity index (χ3n) is 4.01. The van der Waals surface area contributed by atoms with Gasteiger partial charge in [-0.2, -0.15) is 0 Å². The lowest BCUT2D eigenvalue weighted by Gasteiger charge is -2.15. The number of halogens is 1. The Morgan fingerprint density at radius 2 is 1.91 bits per heavy atom. The second-order valence-electron chi connectivity index (χ2n) is 5.75. The van der Waals surface area contributed by atoms with Crippen molar-refractivity contribution in [2.24, 2.45) is 11.7 Å². The minimum absolute atomic E-state index is 0. The van der Waals surface area contributed by atoms with Gasteiger partial charge >= 0.3 is 0 Å². The number of carbonyl (C=O) groups excluding carboxylic acids is 2. The van der Waals surface area contributed by atoms with Crippen molar-refractivity contribution in [1.29, 1.82) is 0 Å². The Kier molecular flexibility index (Phi) is 8.06. The van der Waals surface area contributed by atoms with Crippen LogP contribution < -0.4 is 15.8 Å². The molecule has 0 saturated heterocycles. The number of Topliss-reactive ketones (excluding diaryl/α,β-unsaturated/α-hetero) is 1. The van der Waals surface area contributed by atoms with E-state index >= 15 is 0 Å². The summed E-state index contributed by atoms with van der Waals surface area (Å²) >= 11 is 0. The molecule has 0 radical (unpaired) electrons. The van der Waals surface area contributed by atoms with Gasteiger partial charge in [0.05, 0.1) is 7.11 Å². The Labute approximate surface area is 143 Å². The average Bonchev–Trinajstić information content (AvgIpc) is 3.37. The van der Waals surface area contributed by atoms with Crippen LogP contribution in [0.4, 0.5) is 0 Å². The molecule has 1 unspecified atom stereocenters. The zero-order chi connectivity index (χ0) is 15.9. The van der Waals surface area contributed by atoms with Gasteiger partial charge in [0.25, 0.3) is 0 Å². The number of methoxy groups -OCH3 is 1. The van der Waals surface area contributed by atoms with Gasteiger partial charge in [-0.15, -0.1) is 12.4 Å². The fourth-order valence-electron chi connectivity index (χ4n) is 2.48. The van der Waals surface area contributed by atoms with Crippen LogP contribution in [0.1, 0.15) is 42.5 Å². The van der Waals surface area contributed by atoms with E-state index in [2.05, 4.69) is 5.32 Å². The summed E-state index contributed by atoms with van der Waals surface area (Å²) in [7, 11) is 1.59. The molecule has 6 heteroatoms. The molecule has 0 aliphatic heterocycles. The fourth-order valence-corrected chi connectivity index (χ4v) is 2.48. The van der Waals surface area contributed by atoms with Crippen LogP contribution in [0, 0.1) is 5.92 Å². The summed E-state index contributed by atoms with van der Waals surface area (Å²) in [5, 5.41) is 2.97. The quantitative estimate of drug-likeness (QED) is 0.676. The van der Waals surface area contributed by atoms with E-state index < -0.39 is 0 Å². The maximum atomic E-state index is 12.0. The standard InChI is InChI=1S/C17H24N2O3.ClH/c1-22-14-9-7-13(8-10-14)16(20)3-2-4-17(21)19-15(11-18)12-5-6-12;/h7-10,12,15H,2-6,11,18H2,1H3,(H,19,21);1H. The second kappa shape index (κ2) is 9.53.